The monoisotopic (exact) mass is 323 g/mol. The first-order valence-electron chi connectivity index (χ1n) is 6.97. The average molecular weight is 324 g/mol. The molecule has 21 heavy (non-hydrogen) atoms. The summed E-state index contributed by atoms with van der Waals surface area (Å²) in [5.74, 6) is 1.47. The summed E-state index contributed by atoms with van der Waals surface area (Å²) in [6.45, 7) is 4.14. The predicted octanol–water partition coefficient (Wildman–Crippen LogP) is 5.37. The van der Waals surface area contributed by atoms with Gasteiger partial charge in [0.2, 0.25) is 0 Å². The molecule has 2 rings (SSSR count). The molecule has 0 aliphatic carbocycles. The lowest BCUT2D eigenvalue weighted by molar-refractivity contribution is 0.472. The third kappa shape index (κ3) is 4.37. The molecule has 1 unspecified atom stereocenters. The molecular weight excluding hydrogens is 305 g/mol. The molecule has 1 atom stereocenters. The number of benzene rings is 2. The highest BCUT2D eigenvalue weighted by Crippen LogP contribution is 2.31. The minimum Gasteiger partial charge on any atom is -0.457 e. The lowest BCUT2D eigenvalue weighted by Gasteiger charge is -2.15. The molecule has 2 aromatic carbocycles. The molecule has 2 N–H and O–H groups in total. The minimum atomic E-state index is 0.128. The Morgan fingerprint density at radius 2 is 1.86 bits per heavy atom. The van der Waals surface area contributed by atoms with E-state index in [-0.39, 0.29) is 6.04 Å². The highest BCUT2D eigenvalue weighted by atomic mass is 35.5. The van der Waals surface area contributed by atoms with Gasteiger partial charge in [0, 0.05) is 12.1 Å². The van der Waals surface area contributed by atoms with Crippen molar-refractivity contribution in [3.63, 3.8) is 0 Å². The first kappa shape index (κ1) is 16.2. The van der Waals surface area contributed by atoms with E-state index in [4.69, 9.17) is 33.7 Å². The van der Waals surface area contributed by atoms with Gasteiger partial charge in [-0.15, -0.1) is 0 Å². The molecule has 0 aliphatic rings. The van der Waals surface area contributed by atoms with Crippen LogP contribution in [0.25, 0.3) is 0 Å². The quantitative estimate of drug-likeness (QED) is 0.802. The second-order valence-electron chi connectivity index (χ2n) is 5.16. The fourth-order valence-electron chi connectivity index (χ4n) is 2.06. The Hall–Kier alpha value is -1.22. The normalized spacial score (nSPS) is 12.2. The van der Waals surface area contributed by atoms with Gasteiger partial charge < -0.3 is 10.5 Å². The van der Waals surface area contributed by atoms with Gasteiger partial charge in [0.05, 0.1) is 10.0 Å². The fourth-order valence-corrected chi connectivity index (χ4v) is 2.35. The molecule has 0 saturated carbocycles. The Labute approximate surface area is 135 Å². The van der Waals surface area contributed by atoms with Crippen molar-refractivity contribution in [3.8, 4) is 11.5 Å². The summed E-state index contributed by atoms with van der Waals surface area (Å²) in [7, 11) is 0. The molecule has 0 bridgehead atoms. The van der Waals surface area contributed by atoms with Crippen LogP contribution in [-0.4, -0.2) is 6.04 Å². The highest BCUT2D eigenvalue weighted by molar-refractivity contribution is 6.42. The van der Waals surface area contributed by atoms with Gasteiger partial charge in [-0.2, -0.15) is 0 Å². The van der Waals surface area contributed by atoms with E-state index in [1.807, 2.05) is 12.1 Å². The molecule has 0 saturated heterocycles. The van der Waals surface area contributed by atoms with Crippen molar-refractivity contribution in [2.45, 2.75) is 32.7 Å². The van der Waals surface area contributed by atoms with E-state index < -0.39 is 0 Å². The van der Waals surface area contributed by atoms with Crippen molar-refractivity contribution in [2.75, 3.05) is 0 Å². The Bertz CT molecular complexity index is 628. The molecule has 0 radical (unpaired) electrons. The van der Waals surface area contributed by atoms with Crippen molar-refractivity contribution in [1.29, 1.82) is 0 Å². The summed E-state index contributed by atoms with van der Waals surface area (Å²) in [4.78, 5) is 0. The van der Waals surface area contributed by atoms with Crippen LogP contribution in [0.5, 0.6) is 11.5 Å². The SMILES string of the molecule is CCC(N)Cc1cc(C)ccc1Oc1ccc(Cl)c(Cl)c1. The zero-order valence-corrected chi connectivity index (χ0v) is 13.7. The third-order valence-electron chi connectivity index (χ3n) is 3.34. The van der Waals surface area contributed by atoms with E-state index in [9.17, 15) is 0 Å². The molecule has 112 valence electrons. The fraction of sp³-hybridized carbons (Fsp3) is 0.294. The molecule has 4 heteroatoms. The molecule has 0 amide bonds. The topological polar surface area (TPSA) is 35.2 Å². The summed E-state index contributed by atoms with van der Waals surface area (Å²) >= 11 is 11.9. The maximum Gasteiger partial charge on any atom is 0.130 e. The van der Waals surface area contributed by atoms with E-state index >= 15 is 0 Å². The van der Waals surface area contributed by atoms with Crippen LogP contribution in [0.4, 0.5) is 0 Å². The molecule has 0 aromatic heterocycles. The summed E-state index contributed by atoms with van der Waals surface area (Å²) in [5, 5.41) is 0.995. The zero-order chi connectivity index (χ0) is 15.4. The number of ether oxygens (including phenoxy) is 1. The first-order chi connectivity index (χ1) is 9.99. The van der Waals surface area contributed by atoms with Crippen LogP contribution >= 0.6 is 23.2 Å². The lowest BCUT2D eigenvalue weighted by Crippen LogP contribution is -2.21. The van der Waals surface area contributed by atoms with Gasteiger partial charge in [-0.25, -0.2) is 0 Å². The van der Waals surface area contributed by atoms with Crippen molar-refractivity contribution in [2.24, 2.45) is 5.73 Å². The molecular formula is C17H19Cl2NO. The summed E-state index contributed by atoms with van der Waals surface area (Å²) in [5.41, 5.74) is 8.36. The van der Waals surface area contributed by atoms with Crippen LogP contribution in [-0.2, 0) is 6.42 Å². The van der Waals surface area contributed by atoms with Gasteiger partial charge in [0.15, 0.2) is 0 Å². The van der Waals surface area contributed by atoms with E-state index in [0.29, 0.717) is 15.8 Å². The zero-order valence-electron chi connectivity index (χ0n) is 12.2. The van der Waals surface area contributed by atoms with Crippen molar-refractivity contribution in [1.82, 2.24) is 0 Å². The largest absolute Gasteiger partial charge is 0.457 e. The summed E-state index contributed by atoms with van der Waals surface area (Å²) in [6.07, 6.45) is 1.72. The van der Waals surface area contributed by atoms with Gasteiger partial charge in [0.25, 0.3) is 0 Å². The number of hydrogen-bond acceptors (Lipinski definition) is 2. The van der Waals surface area contributed by atoms with E-state index in [1.165, 1.54) is 5.56 Å². The second-order valence-corrected chi connectivity index (χ2v) is 5.98. The van der Waals surface area contributed by atoms with Gasteiger partial charge in [-0.3, -0.25) is 0 Å². The number of halogens is 2. The van der Waals surface area contributed by atoms with Crippen LogP contribution in [0, 0.1) is 6.92 Å². The molecule has 0 aliphatic heterocycles. The maximum absolute atomic E-state index is 6.07. The van der Waals surface area contributed by atoms with Crippen LogP contribution in [0.2, 0.25) is 10.0 Å². The number of nitrogens with two attached hydrogens (primary N) is 1. The van der Waals surface area contributed by atoms with Gasteiger partial charge in [-0.05, 0) is 43.5 Å². The molecule has 0 spiro atoms. The van der Waals surface area contributed by atoms with Crippen molar-refractivity contribution >= 4 is 23.2 Å². The van der Waals surface area contributed by atoms with Crippen LogP contribution in [0.1, 0.15) is 24.5 Å². The number of rotatable bonds is 5. The summed E-state index contributed by atoms with van der Waals surface area (Å²) in [6, 6.07) is 11.5. The van der Waals surface area contributed by atoms with Crippen LogP contribution in [0.15, 0.2) is 36.4 Å². The summed E-state index contributed by atoms with van der Waals surface area (Å²) < 4.78 is 5.95. The third-order valence-corrected chi connectivity index (χ3v) is 4.08. The molecule has 0 heterocycles. The smallest absolute Gasteiger partial charge is 0.130 e. The first-order valence-corrected chi connectivity index (χ1v) is 7.73. The van der Waals surface area contributed by atoms with E-state index in [2.05, 4.69) is 19.9 Å². The minimum absolute atomic E-state index is 0.128. The number of hydrogen-bond donors (Lipinski definition) is 1. The van der Waals surface area contributed by atoms with Crippen molar-refractivity contribution < 1.29 is 4.74 Å². The average Bonchev–Trinajstić information content (AvgIpc) is 2.45. The number of aryl methyl sites for hydroxylation is 1. The Morgan fingerprint density at radius 1 is 1.10 bits per heavy atom. The second kappa shape index (κ2) is 7.17. The molecule has 2 aromatic rings. The van der Waals surface area contributed by atoms with E-state index in [0.717, 1.165) is 24.2 Å². The Kier molecular flexibility index (Phi) is 5.51. The lowest BCUT2D eigenvalue weighted by atomic mass is 10.0. The highest BCUT2D eigenvalue weighted by Gasteiger charge is 2.10. The predicted molar refractivity (Wildman–Crippen MR) is 89.7 cm³/mol. The van der Waals surface area contributed by atoms with E-state index in [1.54, 1.807) is 18.2 Å². The molecule has 2 nitrogen and oxygen atoms in total. The van der Waals surface area contributed by atoms with Crippen LogP contribution in [0.3, 0.4) is 0 Å². The standard InChI is InChI=1S/C17H19Cl2NO/c1-3-13(20)9-12-8-11(2)4-7-17(12)21-14-5-6-15(18)16(19)10-14/h4-8,10,13H,3,9,20H2,1-2H3. The maximum atomic E-state index is 6.07. The van der Waals surface area contributed by atoms with Crippen LogP contribution < -0.4 is 10.5 Å². The van der Waals surface area contributed by atoms with Gasteiger partial charge in [0.1, 0.15) is 11.5 Å². The Balaban J connectivity index is 2.28. The Morgan fingerprint density at radius 3 is 2.52 bits per heavy atom. The van der Waals surface area contributed by atoms with Crippen molar-refractivity contribution in [3.05, 3.63) is 57.6 Å². The molecule has 0 fully saturated rings. The van der Waals surface area contributed by atoms with Gasteiger partial charge >= 0.3 is 0 Å². The van der Waals surface area contributed by atoms with Gasteiger partial charge in [-0.1, -0.05) is 47.8 Å².